The predicted molar refractivity (Wildman–Crippen MR) is 72.7 cm³/mol. The monoisotopic (exact) mass is 339 g/mol. The van der Waals surface area contributed by atoms with Gasteiger partial charge in [0.05, 0.1) is 0 Å². The lowest BCUT2D eigenvalue weighted by Gasteiger charge is -2.20. The second-order valence-corrected chi connectivity index (χ2v) is 4.31. The van der Waals surface area contributed by atoms with Crippen LogP contribution in [0.2, 0.25) is 0 Å². The third-order valence-electron chi connectivity index (χ3n) is 1.46. The summed E-state index contributed by atoms with van der Waals surface area (Å²) in [5.41, 5.74) is 5.57. The fraction of sp³-hybridized carbons (Fsp3) is 0.667. The van der Waals surface area contributed by atoms with Gasteiger partial charge in [0.1, 0.15) is 6.54 Å². The second-order valence-electron chi connectivity index (χ2n) is 4.31. The van der Waals surface area contributed by atoms with Gasteiger partial charge in [-0.25, -0.2) is 4.99 Å². The number of halogens is 1. The van der Waals surface area contributed by atoms with Crippen molar-refractivity contribution in [2.75, 3.05) is 0 Å². The Balaban J connectivity index is 0.00000225. The lowest BCUT2D eigenvalue weighted by molar-refractivity contribution is 0.387. The summed E-state index contributed by atoms with van der Waals surface area (Å²) >= 11 is 0. The molecule has 1 heterocycles. The van der Waals surface area contributed by atoms with E-state index in [9.17, 15) is 0 Å². The lowest BCUT2D eigenvalue weighted by Crippen LogP contribution is -2.45. The molecule has 92 valence electrons. The van der Waals surface area contributed by atoms with Crippen molar-refractivity contribution >= 4 is 29.9 Å². The van der Waals surface area contributed by atoms with E-state index < -0.39 is 0 Å². The number of nitrogens with zero attached hydrogens (tertiary/aromatic N) is 3. The molecule has 0 amide bonds. The van der Waals surface area contributed by atoms with Gasteiger partial charge in [-0.3, -0.25) is 0 Å². The normalized spacial score (nSPS) is 12.1. The molecule has 1 aromatic heterocycles. The van der Waals surface area contributed by atoms with Crippen LogP contribution in [0.25, 0.3) is 0 Å². The Morgan fingerprint density at radius 1 is 1.50 bits per heavy atom. The van der Waals surface area contributed by atoms with Crippen molar-refractivity contribution in [1.29, 1.82) is 0 Å². The van der Waals surface area contributed by atoms with E-state index in [1.54, 1.807) is 6.92 Å². The minimum absolute atomic E-state index is 0. The Morgan fingerprint density at radius 2 is 2.12 bits per heavy atom. The minimum Gasteiger partial charge on any atom is -0.370 e. The van der Waals surface area contributed by atoms with E-state index in [1.807, 2.05) is 20.8 Å². The van der Waals surface area contributed by atoms with Gasteiger partial charge < -0.3 is 15.6 Å². The number of hydrogen-bond donors (Lipinski definition) is 2. The average Bonchev–Trinajstić information content (AvgIpc) is 2.45. The van der Waals surface area contributed by atoms with Crippen LogP contribution in [0.1, 0.15) is 32.5 Å². The molecule has 0 atom stereocenters. The smallest absolute Gasteiger partial charge is 0.223 e. The highest BCUT2D eigenvalue weighted by Crippen LogP contribution is 1.99. The minimum atomic E-state index is -0.0965. The first-order valence-corrected chi connectivity index (χ1v) is 4.74. The van der Waals surface area contributed by atoms with Crippen molar-refractivity contribution in [3.63, 3.8) is 0 Å². The summed E-state index contributed by atoms with van der Waals surface area (Å²) in [4.78, 5) is 8.10. The highest BCUT2D eigenvalue weighted by molar-refractivity contribution is 14.0. The summed E-state index contributed by atoms with van der Waals surface area (Å²) in [5, 5.41) is 6.75. The van der Waals surface area contributed by atoms with E-state index in [4.69, 9.17) is 10.3 Å². The topological polar surface area (TPSA) is 89.3 Å². The number of aromatic nitrogens is 2. The molecule has 0 saturated carbocycles. The third-order valence-corrected chi connectivity index (χ3v) is 1.46. The van der Waals surface area contributed by atoms with Gasteiger partial charge in [-0.05, 0) is 20.8 Å². The van der Waals surface area contributed by atoms with Crippen molar-refractivity contribution in [3.8, 4) is 0 Å². The van der Waals surface area contributed by atoms with E-state index in [-0.39, 0.29) is 29.5 Å². The summed E-state index contributed by atoms with van der Waals surface area (Å²) < 4.78 is 4.81. The average molecular weight is 339 g/mol. The van der Waals surface area contributed by atoms with E-state index in [1.165, 1.54) is 0 Å². The number of aliphatic imine (C=N–C) groups is 1. The molecule has 0 aliphatic rings. The first-order valence-electron chi connectivity index (χ1n) is 4.74. The first kappa shape index (κ1) is 15.1. The zero-order valence-electron chi connectivity index (χ0n) is 9.94. The maximum Gasteiger partial charge on any atom is 0.223 e. The molecule has 7 heteroatoms. The van der Waals surface area contributed by atoms with Crippen molar-refractivity contribution in [3.05, 3.63) is 11.7 Å². The van der Waals surface area contributed by atoms with E-state index in [0.29, 0.717) is 24.2 Å². The second kappa shape index (κ2) is 6.02. The predicted octanol–water partition coefficient (Wildman–Crippen LogP) is 1.20. The van der Waals surface area contributed by atoms with Crippen LogP contribution < -0.4 is 11.1 Å². The molecule has 0 unspecified atom stereocenters. The van der Waals surface area contributed by atoms with Crippen molar-refractivity contribution in [2.24, 2.45) is 10.7 Å². The molecule has 16 heavy (non-hydrogen) atoms. The molecule has 1 aromatic rings. The molecule has 0 aromatic carbocycles. The highest BCUT2D eigenvalue weighted by Gasteiger charge is 2.09. The van der Waals surface area contributed by atoms with Gasteiger partial charge in [-0.1, -0.05) is 5.16 Å². The standard InChI is InChI=1S/C9H17N5O.HI/c1-6-12-7(14-15-6)5-11-8(10)13-9(2,3)4;/h5H2,1-4H3,(H3,10,11,13);1H. The Labute approximate surface area is 112 Å². The third kappa shape index (κ3) is 5.89. The van der Waals surface area contributed by atoms with Crippen LogP contribution in [0.15, 0.2) is 9.52 Å². The van der Waals surface area contributed by atoms with Crippen molar-refractivity contribution < 1.29 is 4.52 Å². The maximum absolute atomic E-state index is 5.67. The molecule has 1 rings (SSSR count). The molecule has 0 radical (unpaired) electrons. The zero-order valence-corrected chi connectivity index (χ0v) is 12.3. The first-order chi connectivity index (χ1) is 6.87. The van der Waals surface area contributed by atoms with Gasteiger partial charge in [-0.2, -0.15) is 4.98 Å². The zero-order chi connectivity index (χ0) is 11.5. The van der Waals surface area contributed by atoms with Crippen LogP contribution in [-0.2, 0) is 6.54 Å². The van der Waals surface area contributed by atoms with Gasteiger partial charge in [0.25, 0.3) is 0 Å². The molecule has 0 fully saturated rings. The van der Waals surface area contributed by atoms with Gasteiger partial charge in [0, 0.05) is 12.5 Å². The summed E-state index contributed by atoms with van der Waals surface area (Å²) in [7, 11) is 0. The molecular weight excluding hydrogens is 321 g/mol. The van der Waals surface area contributed by atoms with Crippen LogP contribution >= 0.6 is 24.0 Å². The maximum atomic E-state index is 5.67. The molecule has 0 spiro atoms. The van der Waals surface area contributed by atoms with Crippen LogP contribution in [0, 0.1) is 6.92 Å². The number of guanidine groups is 1. The molecule has 6 nitrogen and oxygen atoms in total. The number of nitrogens with one attached hydrogen (secondary N) is 1. The molecule has 0 aliphatic carbocycles. The summed E-state index contributed by atoms with van der Waals surface area (Å²) in [6, 6.07) is 0. The van der Waals surface area contributed by atoms with E-state index in [2.05, 4.69) is 20.4 Å². The molecular formula is C9H18IN5O. The van der Waals surface area contributed by atoms with E-state index in [0.717, 1.165) is 0 Å². The summed E-state index contributed by atoms with van der Waals surface area (Å²) in [6.45, 7) is 8.08. The fourth-order valence-corrected chi connectivity index (χ4v) is 0.985. The molecule has 3 N–H and O–H groups in total. The van der Waals surface area contributed by atoms with Crippen molar-refractivity contribution in [1.82, 2.24) is 15.5 Å². The Morgan fingerprint density at radius 3 is 2.56 bits per heavy atom. The number of nitrogens with two attached hydrogens (primary N) is 1. The van der Waals surface area contributed by atoms with Crippen LogP contribution in [0.3, 0.4) is 0 Å². The van der Waals surface area contributed by atoms with Gasteiger partial charge >= 0.3 is 0 Å². The Bertz CT molecular complexity index is 355. The fourth-order valence-electron chi connectivity index (χ4n) is 0.985. The van der Waals surface area contributed by atoms with Crippen LogP contribution in [-0.4, -0.2) is 21.6 Å². The number of hydrogen-bond acceptors (Lipinski definition) is 4. The van der Waals surface area contributed by atoms with Gasteiger partial charge in [0.15, 0.2) is 11.8 Å². The van der Waals surface area contributed by atoms with Crippen molar-refractivity contribution in [2.45, 2.75) is 39.8 Å². The largest absolute Gasteiger partial charge is 0.370 e. The summed E-state index contributed by atoms with van der Waals surface area (Å²) in [6.07, 6.45) is 0. The van der Waals surface area contributed by atoms with Crippen LogP contribution in [0.5, 0.6) is 0 Å². The lowest BCUT2D eigenvalue weighted by atomic mass is 10.1. The molecule has 0 saturated heterocycles. The number of aryl methyl sites for hydroxylation is 1. The molecule has 0 bridgehead atoms. The Kier molecular flexibility index (Phi) is 5.70. The SMILES string of the molecule is Cc1nc(CN=C(N)NC(C)(C)C)no1.I. The quantitative estimate of drug-likeness (QED) is 0.480. The van der Waals surface area contributed by atoms with Gasteiger partial charge in [-0.15, -0.1) is 24.0 Å². The van der Waals surface area contributed by atoms with Crippen LogP contribution in [0.4, 0.5) is 0 Å². The highest BCUT2D eigenvalue weighted by atomic mass is 127. The number of rotatable bonds is 2. The Hall–Kier alpha value is -0.860. The van der Waals surface area contributed by atoms with E-state index >= 15 is 0 Å². The summed E-state index contributed by atoms with van der Waals surface area (Å²) in [5.74, 6) is 1.44. The molecule has 0 aliphatic heterocycles. The van der Waals surface area contributed by atoms with Gasteiger partial charge in [0.2, 0.25) is 5.89 Å².